The summed E-state index contributed by atoms with van der Waals surface area (Å²) in [6.07, 6.45) is 4.16. The number of rotatable bonds is 6. The first-order valence-electron chi connectivity index (χ1n) is 7.87. The topological polar surface area (TPSA) is 76.0 Å². The molecule has 1 aliphatic carbocycles. The molecule has 0 atom stereocenters. The van der Waals surface area contributed by atoms with Crippen LogP contribution >= 0.6 is 0 Å². The van der Waals surface area contributed by atoms with Crippen LogP contribution in [0.1, 0.15) is 35.8 Å². The molecule has 2 amide bonds. The van der Waals surface area contributed by atoms with Crippen LogP contribution in [-0.4, -0.2) is 27.6 Å². The van der Waals surface area contributed by atoms with Gasteiger partial charge in [0.25, 0.3) is 5.91 Å². The van der Waals surface area contributed by atoms with Crippen LogP contribution in [0.5, 0.6) is 0 Å². The largest absolute Gasteiger partial charge is 0.353 e. The van der Waals surface area contributed by atoms with E-state index in [2.05, 4.69) is 15.7 Å². The van der Waals surface area contributed by atoms with E-state index in [4.69, 9.17) is 0 Å². The van der Waals surface area contributed by atoms with E-state index >= 15 is 0 Å². The smallest absolute Gasteiger partial charge is 0.273 e. The minimum atomic E-state index is -0.191. The molecule has 1 fully saturated rings. The zero-order valence-electron chi connectivity index (χ0n) is 13.1. The van der Waals surface area contributed by atoms with Gasteiger partial charge in [0.1, 0.15) is 5.69 Å². The summed E-state index contributed by atoms with van der Waals surface area (Å²) >= 11 is 0. The third-order valence-electron chi connectivity index (χ3n) is 3.77. The summed E-state index contributed by atoms with van der Waals surface area (Å²) in [5.74, 6) is -0.139. The van der Waals surface area contributed by atoms with E-state index in [1.807, 2.05) is 31.2 Å². The SMILES string of the molecule is CCn1nccc1C(=O)Nc1ccc(CC(=O)NC2CC2)cc1. The zero-order valence-corrected chi connectivity index (χ0v) is 13.1. The lowest BCUT2D eigenvalue weighted by atomic mass is 10.1. The minimum absolute atomic E-state index is 0.0520. The van der Waals surface area contributed by atoms with Gasteiger partial charge in [-0.1, -0.05) is 12.1 Å². The van der Waals surface area contributed by atoms with Crippen molar-refractivity contribution in [3.8, 4) is 0 Å². The van der Waals surface area contributed by atoms with Crippen molar-refractivity contribution in [2.75, 3.05) is 5.32 Å². The minimum Gasteiger partial charge on any atom is -0.353 e. The van der Waals surface area contributed by atoms with Crippen molar-refractivity contribution in [1.29, 1.82) is 0 Å². The molecular weight excluding hydrogens is 292 g/mol. The Balaban J connectivity index is 1.58. The number of hydrogen-bond acceptors (Lipinski definition) is 3. The molecule has 1 aliphatic rings. The first-order chi connectivity index (χ1) is 11.2. The summed E-state index contributed by atoms with van der Waals surface area (Å²) in [4.78, 5) is 24.0. The lowest BCUT2D eigenvalue weighted by Gasteiger charge is -2.08. The van der Waals surface area contributed by atoms with Crippen LogP contribution in [0.2, 0.25) is 0 Å². The number of benzene rings is 1. The number of amides is 2. The van der Waals surface area contributed by atoms with Crippen molar-refractivity contribution >= 4 is 17.5 Å². The van der Waals surface area contributed by atoms with Gasteiger partial charge < -0.3 is 10.6 Å². The highest BCUT2D eigenvalue weighted by Crippen LogP contribution is 2.19. The second-order valence-electron chi connectivity index (χ2n) is 5.70. The van der Waals surface area contributed by atoms with Gasteiger partial charge in [-0.3, -0.25) is 14.3 Å². The Hall–Kier alpha value is -2.63. The van der Waals surface area contributed by atoms with Crippen LogP contribution in [0, 0.1) is 0 Å². The Bertz CT molecular complexity index is 702. The van der Waals surface area contributed by atoms with Crippen molar-refractivity contribution in [2.24, 2.45) is 0 Å². The molecule has 1 aromatic heterocycles. The van der Waals surface area contributed by atoms with Crippen LogP contribution in [0.25, 0.3) is 0 Å². The predicted octanol–water partition coefficient (Wildman–Crippen LogP) is 1.98. The second-order valence-corrected chi connectivity index (χ2v) is 5.70. The number of nitrogens with one attached hydrogen (secondary N) is 2. The predicted molar refractivity (Wildman–Crippen MR) is 87.2 cm³/mol. The highest BCUT2D eigenvalue weighted by atomic mass is 16.2. The van der Waals surface area contributed by atoms with Gasteiger partial charge in [0.15, 0.2) is 0 Å². The summed E-state index contributed by atoms with van der Waals surface area (Å²) in [5.41, 5.74) is 2.16. The zero-order chi connectivity index (χ0) is 16.2. The highest BCUT2D eigenvalue weighted by molar-refractivity contribution is 6.03. The molecule has 23 heavy (non-hydrogen) atoms. The molecule has 0 spiro atoms. The Morgan fingerprint density at radius 2 is 1.96 bits per heavy atom. The molecule has 3 rings (SSSR count). The summed E-state index contributed by atoms with van der Waals surface area (Å²) < 4.78 is 1.64. The van der Waals surface area contributed by atoms with Gasteiger partial charge in [-0.25, -0.2) is 0 Å². The van der Waals surface area contributed by atoms with Crippen LogP contribution in [0.15, 0.2) is 36.5 Å². The normalized spacial score (nSPS) is 13.6. The molecule has 1 aromatic carbocycles. The molecule has 2 N–H and O–H groups in total. The Morgan fingerprint density at radius 3 is 2.61 bits per heavy atom. The molecule has 0 radical (unpaired) electrons. The van der Waals surface area contributed by atoms with Gasteiger partial charge in [0.05, 0.1) is 6.42 Å². The van der Waals surface area contributed by atoms with Crippen molar-refractivity contribution in [2.45, 2.75) is 38.8 Å². The first kappa shape index (κ1) is 15.3. The maximum atomic E-state index is 12.2. The molecule has 0 bridgehead atoms. The van der Waals surface area contributed by atoms with Crippen molar-refractivity contribution in [3.05, 3.63) is 47.8 Å². The Kier molecular flexibility index (Phi) is 4.41. The first-order valence-corrected chi connectivity index (χ1v) is 7.87. The third kappa shape index (κ3) is 3.97. The quantitative estimate of drug-likeness (QED) is 0.856. The van der Waals surface area contributed by atoms with E-state index in [0.717, 1.165) is 18.4 Å². The van der Waals surface area contributed by atoms with E-state index in [1.54, 1.807) is 16.9 Å². The second kappa shape index (κ2) is 6.64. The van der Waals surface area contributed by atoms with Gasteiger partial charge in [-0.2, -0.15) is 5.10 Å². The molecule has 6 nitrogen and oxygen atoms in total. The van der Waals surface area contributed by atoms with Crippen LogP contribution in [0.4, 0.5) is 5.69 Å². The number of anilines is 1. The fourth-order valence-electron chi connectivity index (χ4n) is 2.37. The third-order valence-corrected chi connectivity index (χ3v) is 3.77. The van der Waals surface area contributed by atoms with Gasteiger partial charge >= 0.3 is 0 Å². The van der Waals surface area contributed by atoms with Crippen LogP contribution in [0.3, 0.4) is 0 Å². The standard InChI is InChI=1S/C17H20N4O2/c1-2-21-15(9-10-18-21)17(23)20-14-5-3-12(4-6-14)11-16(22)19-13-7-8-13/h3-6,9-10,13H,2,7-8,11H2,1H3,(H,19,22)(H,20,23). The lowest BCUT2D eigenvalue weighted by Crippen LogP contribution is -2.26. The number of carbonyl (C=O) groups is 2. The van der Waals surface area contributed by atoms with Gasteiger partial charge in [0, 0.05) is 24.5 Å². The summed E-state index contributed by atoms with van der Waals surface area (Å²) in [5, 5.41) is 9.89. The molecule has 1 heterocycles. The maximum Gasteiger partial charge on any atom is 0.273 e. The van der Waals surface area contributed by atoms with Gasteiger partial charge in [-0.05, 0) is 43.5 Å². The number of nitrogens with zero attached hydrogens (tertiary/aromatic N) is 2. The number of aromatic nitrogens is 2. The summed E-state index contributed by atoms with van der Waals surface area (Å²) in [7, 11) is 0. The van der Waals surface area contributed by atoms with Crippen LogP contribution in [-0.2, 0) is 17.8 Å². The monoisotopic (exact) mass is 312 g/mol. The fourth-order valence-corrected chi connectivity index (χ4v) is 2.37. The fraction of sp³-hybridized carbons (Fsp3) is 0.353. The average Bonchev–Trinajstić information content (AvgIpc) is 3.21. The highest BCUT2D eigenvalue weighted by Gasteiger charge is 2.23. The Morgan fingerprint density at radius 1 is 1.22 bits per heavy atom. The number of carbonyl (C=O) groups excluding carboxylic acids is 2. The molecule has 2 aromatic rings. The van der Waals surface area contributed by atoms with Crippen molar-refractivity contribution in [3.63, 3.8) is 0 Å². The molecule has 0 saturated heterocycles. The van der Waals surface area contributed by atoms with Gasteiger partial charge in [0.2, 0.25) is 5.91 Å². The van der Waals surface area contributed by atoms with Gasteiger partial charge in [-0.15, -0.1) is 0 Å². The lowest BCUT2D eigenvalue weighted by molar-refractivity contribution is -0.120. The van der Waals surface area contributed by atoms with E-state index in [0.29, 0.717) is 30.4 Å². The van der Waals surface area contributed by atoms with Crippen molar-refractivity contribution in [1.82, 2.24) is 15.1 Å². The molecule has 0 aliphatic heterocycles. The molecule has 120 valence electrons. The molecule has 1 saturated carbocycles. The van der Waals surface area contributed by atoms with E-state index in [-0.39, 0.29) is 11.8 Å². The molecular formula is C17H20N4O2. The van der Waals surface area contributed by atoms with Crippen molar-refractivity contribution < 1.29 is 9.59 Å². The van der Waals surface area contributed by atoms with E-state index < -0.39 is 0 Å². The average molecular weight is 312 g/mol. The number of aryl methyl sites for hydroxylation is 1. The maximum absolute atomic E-state index is 12.2. The molecule has 0 unspecified atom stereocenters. The van der Waals surface area contributed by atoms with Crippen LogP contribution < -0.4 is 10.6 Å². The summed E-state index contributed by atoms with van der Waals surface area (Å²) in [6.45, 7) is 2.58. The van der Waals surface area contributed by atoms with E-state index in [1.165, 1.54) is 0 Å². The number of hydrogen-bond donors (Lipinski definition) is 2. The summed E-state index contributed by atoms with van der Waals surface area (Å²) in [6, 6.07) is 9.41. The molecule has 6 heteroatoms. The van der Waals surface area contributed by atoms with E-state index in [9.17, 15) is 9.59 Å². The Labute approximate surface area is 134 Å².